The number of rotatable bonds is 2. The van der Waals surface area contributed by atoms with E-state index in [0.717, 1.165) is 5.56 Å². The van der Waals surface area contributed by atoms with E-state index in [0.29, 0.717) is 27.6 Å². The van der Waals surface area contributed by atoms with Gasteiger partial charge in [0.05, 0.1) is 12.8 Å². The van der Waals surface area contributed by atoms with Gasteiger partial charge in [0.2, 0.25) is 0 Å². The molecule has 2 heterocycles. The van der Waals surface area contributed by atoms with Crippen LogP contribution in [0.2, 0.25) is 0 Å². The summed E-state index contributed by atoms with van der Waals surface area (Å²) in [4.78, 5) is 25.6. The van der Waals surface area contributed by atoms with E-state index in [1.807, 2.05) is 12.1 Å². The highest BCUT2D eigenvalue weighted by Crippen LogP contribution is 2.40. The van der Waals surface area contributed by atoms with Crippen molar-refractivity contribution in [3.63, 3.8) is 0 Å². The molecule has 1 aromatic carbocycles. The Balaban J connectivity index is 2.11. The van der Waals surface area contributed by atoms with E-state index in [2.05, 4.69) is 0 Å². The van der Waals surface area contributed by atoms with Gasteiger partial charge in [-0.2, -0.15) is 0 Å². The normalized spacial score (nSPS) is 16.7. The van der Waals surface area contributed by atoms with Gasteiger partial charge in [-0.05, 0) is 24.6 Å². The lowest BCUT2D eigenvalue weighted by molar-refractivity contribution is -0.125. The molecule has 23 heavy (non-hydrogen) atoms. The highest BCUT2D eigenvalue weighted by Gasteiger charge is 2.29. The number of hydrogen-bond donors (Lipinski definition) is 1. The quantitative estimate of drug-likeness (QED) is 0.855. The third-order valence-corrected chi connectivity index (χ3v) is 4.63. The molecule has 0 saturated heterocycles. The van der Waals surface area contributed by atoms with E-state index in [1.165, 1.54) is 18.4 Å². The predicted octanol–water partition coefficient (Wildman–Crippen LogP) is 2.53. The summed E-state index contributed by atoms with van der Waals surface area (Å²) in [5.74, 6) is 0.0321. The molecule has 1 unspecified atom stereocenters. The van der Waals surface area contributed by atoms with Gasteiger partial charge in [-0.15, -0.1) is 11.3 Å². The molecule has 2 N–H and O–H groups in total. The fourth-order valence-electron chi connectivity index (χ4n) is 2.58. The van der Waals surface area contributed by atoms with Crippen LogP contribution < -0.4 is 15.4 Å². The summed E-state index contributed by atoms with van der Waals surface area (Å²) < 4.78 is 10.4. The molecule has 0 radical (unpaired) electrons. The van der Waals surface area contributed by atoms with Crippen molar-refractivity contribution in [3.8, 4) is 16.9 Å². The van der Waals surface area contributed by atoms with Crippen LogP contribution in [0.1, 0.15) is 17.3 Å². The van der Waals surface area contributed by atoms with E-state index >= 15 is 0 Å². The molecule has 0 bridgehead atoms. The van der Waals surface area contributed by atoms with Crippen LogP contribution in [-0.2, 0) is 9.53 Å². The van der Waals surface area contributed by atoms with Crippen LogP contribution in [0.25, 0.3) is 11.1 Å². The summed E-state index contributed by atoms with van der Waals surface area (Å²) in [7, 11) is 3.02. The SMILES string of the molecule is COC(=O)c1c(-c2ccc3c(c2)N(C)C(=O)C(C)O3)csc1N. The number of likely N-dealkylation sites (N-methyl/N-ethyl adjacent to an activating group) is 1. The number of carbonyl (C=O) groups excluding carboxylic acids is 2. The second-order valence-electron chi connectivity index (χ2n) is 5.22. The Morgan fingerprint density at radius 1 is 1.43 bits per heavy atom. The van der Waals surface area contributed by atoms with Crippen molar-refractivity contribution in [1.82, 2.24) is 0 Å². The van der Waals surface area contributed by atoms with Crippen LogP contribution in [0.15, 0.2) is 23.6 Å². The summed E-state index contributed by atoms with van der Waals surface area (Å²) in [6.45, 7) is 1.71. The Morgan fingerprint density at radius 3 is 2.87 bits per heavy atom. The molecule has 0 fully saturated rings. The van der Waals surface area contributed by atoms with Gasteiger partial charge in [-0.25, -0.2) is 4.79 Å². The summed E-state index contributed by atoms with van der Waals surface area (Å²) >= 11 is 1.27. The highest BCUT2D eigenvalue weighted by atomic mass is 32.1. The lowest BCUT2D eigenvalue weighted by atomic mass is 10.0. The van der Waals surface area contributed by atoms with Crippen molar-refractivity contribution >= 4 is 33.9 Å². The minimum atomic E-state index is -0.513. The van der Waals surface area contributed by atoms with Gasteiger partial charge in [0, 0.05) is 18.0 Å². The second-order valence-corrected chi connectivity index (χ2v) is 6.13. The zero-order valence-electron chi connectivity index (χ0n) is 13.0. The average Bonchev–Trinajstić information content (AvgIpc) is 2.93. The molecule has 120 valence electrons. The standard InChI is InChI=1S/C16H16N2O4S/c1-8-15(19)18(2)11-6-9(4-5-12(11)22-8)10-7-23-14(17)13(10)16(20)21-3/h4-8H,17H2,1-3H3. The third kappa shape index (κ3) is 2.43. The smallest absolute Gasteiger partial charge is 0.341 e. The number of nitrogens with zero attached hydrogens (tertiary/aromatic N) is 1. The fourth-order valence-corrected chi connectivity index (χ4v) is 3.39. The van der Waals surface area contributed by atoms with Gasteiger partial charge in [0.25, 0.3) is 5.91 Å². The maximum absolute atomic E-state index is 12.1. The molecule has 0 saturated carbocycles. The fraction of sp³-hybridized carbons (Fsp3) is 0.250. The molecule has 1 aliphatic rings. The number of methoxy groups -OCH3 is 1. The second kappa shape index (κ2) is 5.58. The highest BCUT2D eigenvalue weighted by molar-refractivity contribution is 7.14. The van der Waals surface area contributed by atoms with Crippen molar-refractivity contribution in [3.05, 3.63) is 29.1 Å². The van der Waals surface area contributed by atoms with Crippen molar-refractivity contribution in [2.24, 2.45) is 0 Å². The number of anilines is 2. The van der Waals surface area contributed by atoms with Crippen LogP contribution in [-0.4, -0.2) is 32.1 Å². The lowest BCUT2D eigenvalue weighted by Crippen LogP contribution is -2.41. The molecule has 1 amide bonds. The molecule has 1 aliphatic heterocycles. The number of carbonyl (C=O) groups is 2. The number of nitrogen functional groups attached to an aromatic ring is 1. The van der Waals surface area contributed by atoms with Crippen LogP contribution >= 0.6 is 11.3 Å². The molecule has 1 aromatic heterocycles. The topological polar surface area (TPSA) is 81.9 Å². The van der Waals surface area contributed by atoms with E-state index in [-0.39, 0.29) is 5.91 Å². The van der Waals surface area contributed by atoms with Crippen molar-refractivity contribution in [2.75, 3.05) is 24.8 Å². The van der Waals surface area contributed by atoms with Crippen LogP contribution in [0.4, 0.5) is 10.7 Å². The van der Waals surface area contributed by atoms with Gasteiger partial charge in [-0.3, -0.25) is 4.79 Å². The Hall–Kier alpha value is -2.54. The molecule has 0 spiro atoms. The Bertz CT molecular complexity index is 799. The van der Waals surface area contributed by atoms with Crippen LogP contribution in [0.5, 0.6) is 5.75 Å². The van der Waals surface area contributed by atoms with E-state index < -0.39 is 12.1 Å². The van der Waals surface area contributed by atoms with E-state index in [1.54, 1.807) is 30.3 Å². The minimum Gasteiger partial charge on any atom is -0.479 e. The first-order chi connectivity index (χ1) is 10.9. The number of esters is 1. The predicted molar refractivity (Wildman–Crippen MR) is 89.0 cm³/mol. The summed E-state index contributed by atoms with van der Waals surface area (Å²) in [5.41, 5.74) is 8.35. The molecule has 2 aromatic rings. The molecule has 1 atom stereocenters. The minimum absolute atomic E-state index is 0.118. The van der Waals surface area contributed by atoms with Crippen molar-refractivity contribution < 1.29 is 19.1 Å². The molecular weight excluding hydrogens is 316 g/mol. The molecule has 3 rings (SSSR count). The molecule has 7 heteroatoms. The van der Waals surface area contributed by atoms with Crippen molar-refractivity contribution in [2.45, 2.75) is 13.0 Å². The molecule has 6 nitrogen and oxygen atoms in total. The van der Waals surface area contributed by atoms with Crippen molar-refractivity contribution in [1.29, 1.82) is 0 Å². The average molecular weight is 332 g/mol. The van der Waals surface area contributed by atoms with Gasteiger partial charge < -0.3 is 20.1 Å². The monoisotopic (exact) mass is 332 g/mol. The van der Waals surface area contributed by atoms with Crippen LogP contribution in [0, 0.1) is 0 Å². The number of hydrogen-bond acceptors (Lipinski definition) is 6. The summed E-state index contributed by atoms with van der Waals surface area (Å²) in [6, 6.07) is 5.44. The van der Waals surface area contributed by atoms with Gasteiger partial charge in [0.15, 0.2) is 6.10 Å². The number of ether oxygens (including phenoxy) is 2. The zero-order chi connectivity index (χ0) is 16.7. The third-order valence-electron chi connectivity index (χ3n) is 3.82. The lowest BCUT2D eigenvalue weighted by Gasteiger charge is -2.30. The summed E-state index contributed by atoms with van der Waals surface area (Å²) in [6.07, 6.45) is -0.513. The number of thiophene rings is 1. The number of benzene rings is 1. The molecule has 0 aliphatic carbocycles. The van der Waals surface area contributed by atoms with E-state index in [9.17, 15) is 9.59 Å². The first kappa shape index (κ1) is 15.4. The summed E-state index contributed by atoms with van der Waals surface area (Å²) in [5, 5.41) is 2.20. The Morgan fingerprint density at radius 2 is 2.17 bits per heavy atom. The largest absolute Gasteiger partial charge is 0.479 e. The Labute approximate surface area is 137 Å². The van der Waals surface area contributed by atoms with Gasteiger partial charge in [0.1, 0.15) is 16.3 Å². The Kier molecular flexibility index (Phi) is 3.73. The maximum atomic E-state index is 12.1. The first-order valence-corrected chi connectivity index (χ1v) is 7.86. The van der Waals surface area contributed by atoms with Crippen LogP contribution in [0.3, 0.4) is 0 Å². The first-order valence-electron chi connectivity index (χ1n) is 6.98. The van der Waals surface area contributed by atoms with Gasteiger partial charge in [-0.1, -0.05) is 6.07 Å². The number of amides is 1. The molecular formula is C16H16N2O4S. The van der Waals surface area contributed by atoms with Gasteiger partial charge >= 0.3 is 5.97 Å². The zero-order valence-corrected chi connectivity index (χ0v) is 13.8. The maximum Gasteiger partial charge on any atom is 0.341 e. The number of fused-ring (bicyclic) bond motifs is 1. The number of nitrogens with two attached hydrogens (primary N) is 1. The van der Waals surface area contributed by atoms with E-state index in [4.69, 9.17) is 15.2 Å².